The van der Waals surface area contributed by atoms with Gasteiger partial charge in [-0.2, -0.15) is 0 Å². The van der Waals surface area contributed by atoms with Gasteiger partial charge in [0.15, 0.2) is 0 Å². The van der Waals surface area contributed by atoms with Crippen molar-refractivity contribution >= 4 is 5.91 Å². The molecular weight excluding hydrogens is 296 g/mol. The number of amides is 1. The van der Waals surface area contributed by atoms with E-state index in [-0.39, 0.29) is 0 Å². The van der Waals surface area contributed by atoms with Gasteiger partial charge in [-0.15, -0.1) is 0 Å². The van der Waals surface area contributed by atoms with Gasteiger partial charge in [0.25, 0.3) is 0 Å². The second kappa shape index (κ2) is 11.5. The molecule has 2 aliphatic heterocycles. The fraction of sp³-hybridized carbons (Fsp3) is 0.857. The predicted molar refractivity (Wildman–Crippen MR) is 104 cm³/mol. The molecule has 0 spiro atoms. The molecule has 2 fully saturated rings. The largest absolute Gasteiger partial charge is 0.375 e. The van der Waals surface area contributed by atoms with Gasteiger partial charge in [0.1, 0.15) is 0 Å². The standard InChI is InChI=1S/C11H21N.C10H19NO/c1-10(2)9-11(3)12-7-5-4-6-8-12;1-9(2)8-10(12)11-6-4-3-5-7-11/h10H,3-9H2,1-2H3;9H,3-8H2,1-2H3. The maximum absolute atomic E-state index is 11.5. The van der Waals surface area contributed by atoms with Crippen molar-refractivity contribution in [3.8, 4) is 0 Å². The van der Waals surface area contributed by atoms with Crippen LogP contribution >= 0.6 is 0 Å². The number of hydrogen-bond donors (Lipinski definition) is 0. The van der Waals surface area contributed by atoms with E-state index in [1.54, 1.807) is 0 Å². The van der Waals surface area contributed by atoms with Gasteiger partial charge in [-0.1, -0.05) is 34.3 Å². The maximum Gasteiger partial charge on any atom is 0.222 e. The van der Waals surface area contributed by atoms with E-state index in [1.165, 1.54) is 63.7 Å². The summed E-state index contributed by atoms with van der Waals surface area (Å²) >= 11 is 0. The van der Waals surface area contributed by atoms with E-state index in [1.807, 2.05) is 4.90 Å². The lowest BCUT2D eigenvalue weighted by molar-refractivity contribution is -0.132. The predicted octanol–water partition coefficient (Wildman–Crippen LogP) is 5.08. The molecule has 0 radical (unpaired) electrons. The minimum absolute atomic E-state index is 0.352. The molecule has 0 atom stereocenters. The van der Waals surface area contributed by atoms with Crippen LogP contribution in [-0.4, -0.2) is 41.9 Å². The molecule has 0 bridgehead atoms. The quantitative estimate of drug-likeness (QED) is 0.699. The molecule has 24 heavy (non-hydrogen) atoms. The Morgan fingerprint density at radius 1 is 0.750 bits per heavy atom. The Morgan fingerprint density at radius 2 is 1.17 bits per heavy atom. The normalized spacial score (nSPS) is 18.4. The minimum atomic E-state index is 0.352. The molecule has 3 heteroatoms. The molecule has 140 valence electrons. The van der Waals surface area contributed by atoms with Crippen molar-refractivity contribution < 1.29 is 4.79 Å². The molecule has 2 aliphatic rings. The SMILES string of the molecule is C=C(CC(C)C)N1CCCCC1.CC(C)CC(=O)N1CCCCC1. The van der Waals surface area contributed by atoms with Gasteiger partial charge in [-0.05, 0) is 56.8 Å². The summed E-state index contributed by atoms with van der Waals surface area (Å²) in [5, 5.41) is 0. The first-order chi connectivity index (χ1) is 11.4. The van der Waals surface area contributed by atoms with Crippen LogP contribution in [0.15, 0.2) is 12.3 Å². The number of piperidine rings is 2. The second-order valence-electron chi connectivity index (χ2n) is 8.25. The summed E-state index contributed by atoms with van der Waals surface area (Å²) in [7, 11) is 0. The van der Waals surface area contributed by atoms with Crippen molar-refractivity contribution in [2.24, 2.45) is 11.8 Å². The average Bonchev–Trinajstić information content (AvgIpc) is 2.56. The van der Waals surface area contributed by atoms with Crippen molar-refractivity contribution in [1.82, 2.24) is 9.80 Å². The number of carbonyl (C=O) groups is 1. The van der Waals surface area contributed by atoms with E-state index < -0.39 is 0 Å². The summed E-state index contributed by atoms with van der Waals surface area (Å²) in [5.41, 5.74) is 1.35. The first kappa shape index (κ1) is 21.1. The van der Waals surface area contributed by atoms with Gasteiger partial charge >= 0.3 is 0 Å². The molecule has 0 saturated carbocycles. The molecule has 1 amide bonds. The number of hydrogen-bond acceptors (Lipinski definition) is 2. The average molecular weight is 337 g/mol. The van der Waals surface area contributed by atoms with E-state index in [2.05, 4.69) is 39.2 Å². The molecule has 0 N–H and O–H groups in total. The highest BCUT2D eigenvalue weighted by Gasteiger charge is 2.16. The molecule has 2 heterocycles. The summed E-state index contributed by atoms with van der Waals surface area (Å²) in [4.78, 5) is 16.0. The van der Waals surface area contributed by atoms with Crippen LogP contribution in [0.3, 0.4) is 0 Å². The minimum Gasteiger partial charge on any atom is -0.375 e. The lowest BCUT2D eigenvalue weighted by Gasteiger charge is -2.31. The topological polar surface area (TPSA) is 23.6 Å². The zero-order valence-corrected chi connectivity index (χ0v) is 16.6. The van der Waals surface area contributed by atoms with Crippen molar-refractivity contribution in [3.63, 3.8) is 0 Å². The van der Waals surface area contributed by atoms with Crippen LogP contribution in [0, 0.1) is 11.8 Å². The van der Waals surface area contributed by atoms with Crippen LogP contribution in [0.2, 0.25) is 0 Å². The van der Waals surface area contributed by atoms with Gasteiger partial charge in [0, 0.05) is 38.3 Å². The Balaban J connectivity index is 0.000000240. The van der Waals surface area contributed by atoms with Crippen LogP contribution in [0.5, 0.6) is 0 Å². The van der Waals surface area contributed by atoms with Gasteiger partial charge in [0.05, 0.1) is 0 Å². The smallest absolute Gasteiger partial charge is 0.222 e. The van der Waals surface area contributed by atoms with Gasteiger partial charge in [-0.3, -0.25) is 4.79 Å². The first-order valence-corrected chi connectivity index (χ1v) is 10.1. The number of nitrogens with zero attached hydrogens (tertiary/aromatic N) is 2. The van der Waals surface area contributed by atoms with Crippen LogP contribution in [0.4, 0.5) is 0 Å². The summed E-state index contributed by atoms with van der Waals surface area (Å²) in [6.07, 6.45) is 9.71. The first-order valence-electron chi connectivity index (χ1n) is 10.1. The van der Waals surface area contributed by atoms with Crippen molar-refractivity contribution in [2.45, 2.75) is 79.1 Å². The summed E-state index contributed by atoms with van der Waals surface area (Å²) in [6.45, 7) is 17.3. The fourth-order valence-electron chi connectivity index (χ4n) is 3.43. The number of carbonyl (C=O) groups excluding carboxylic acids is 1. The van der Waals surface area contributed by atoms with E-state index in [9.17, 15) is 4.79 Å². The van der Waals surface area contributed by atoms with Crippen LogP contribution in [0.1, 0.15) is 79.1 Å². The monoisotopic (exact) mass is 336 g/mol. The Bertz CT molecular complexity index is 328. The van der Waals surface area contributed by atoms with Crippen LogP contribution < -0.4 is 0 Å². The highest BCUT2D eigenvalue weighted by molar-refractivity contribution is 5.76. The van der Waals surface area contributed by atoms with Gasteiger partial charge < -0.3 is 9.80 Å². The highest BCUT2D eigenvalue weighted by Crippen LogP contribution is 2.18. The third-order valence-electron chi connectivity index (χ3n) is 4.74. The maximum atomic E-state index is 11.5. The molecule has 0 aromatic rings. The Labute approximate surface area is 150 Å². The molecule has 0 aromatic carbocycles. The van der Waals surface area contributed by atoms with Gasteiger partial charge in [0.2, 0.25) is 5.91 Å². The van der Waals surface area contributed by atoms with E-state index in [4.69, 9.17) is 0 Å². The Morgan fingerprint density at radius 3 is 1.58 bits per heavy atom. The molecule has 0 aliphatic carbocycles. The summed E-state index contributed by atoms with van der Waals surface area (Å²) < 4.78 is 0. The molecule has 0 aromatic heterocycles. The van der Waals surface area contributed by atoms with Crippen molar-refractivity contribution in [1.29, 1.82) is 0 Å². The van der Waals surface area contributed by atoms with Crippen LogP contribution in [-0.2, 0) is 4.79 Å². The van der Waals surface area contributed by atoms with Crippen molar-refractivity contribution in [2.75, 3.05) is 26.2 Å². The lowest BCUT2D eigenvalue weighted by Crippen LogP contribution is -2.36. The number of rotatable bonds is 5. The van der Waals surface area contributed by atoms with Crippen molar-refractivity contribution in [3.05, 3.63) is 12.3 Å². The summed E-state index contributed by atoms with van der Waals surface area (Å²) in [6, 6.07) is 0. The fourth-order valence-corrected chi connectivity index (χ4v) is 3.43. The zero-order chi connectivity index (χ0) is 17.9. The molecular formula is C21H40N2O. The Hall–Kier alpha value is -0.990. The number of allylic oxidation sites excluding steroid dienone is 1. The molecule has 2 saturated heterocycles. The van der Waals surface area contributed by atoms with Crippen LogP contribution in [0.25, 0.3) is 0 Å². The van der Waals surface area contributed by atoms with E-state index in [0.29, 0.717) is 11.8 Å². The summed E-state index contributed by atoms with van der Waals surface area (Å²) in [5.74, 6) is 1.60. The molecule has 3 nitrogen and oxygen atoms in total. The third kappa shape index (κ3) is 8.75. The van der Waals surface area contributed by atoms with E-state index in [0.717, 1.165) is 25.4 Å². The number of likely N-dealkylation sites (tertiary alicyclic amines) is 2. The highest BCUT2D eigenvalue weighted by atomic mass is 16.2. The molecule has 2 rings (SSSR count). The zero-order valence-electron chi connectivity index (χ0n) is 16.6. The van der Waals surface area contributed by atoms with Gasteiger partial charge in [-0.25, -0.2) is 0 Å². The second-order valence-corrected chi connectivity index (χ2v) is 8.25. The lowest BCUT2D eigenvalue weighted by atomic mass is 10.1. The third-order valence-corrected chi connectivity index (χ3v) is 4.74. The van der Waals surface area contributed by atoms with E-state index >= 15 is 0 Å². The molecule has 0 unspecified atom stereocenters. The Kier molecular flexibility index (Phi) is 10.1.